The first-order valence-electron chi connectivity index (χ1n) is 19.3. The second kappa shape index (κ2) is 13.6. The second-order valence-electron chi connectivity index (χ2n) is 14.4. The van der Waals surface area contributed by atoms with Crippen LogP contribution in [0.2, 0.25) is 0 Å². The van der Waals surface area contributed by atoms with E-state index in [0.29, 0.717) is 5.82 Å². The molecule has 0 aliphatic rings. The molecule has 57 heavy (non-hydrogen) atoms. The molecule has 0 fully saturated rings. The van der Waals surface area contributed by atoms with E-state index < -0.39 is 0 Å². The lowest BCUT2D eigenvalue weighted by Crippen LogP contribution is -1.97. The highest BCUT2D eigenvalue weighted by Gasteiger charge is 2.20. The number of aromatic nitrogens is 4. The summed E-state index contributed by atoms with van der Waals surface area (Å²) in [6, 6.07) is 72.5. The molecule has 4 heteroatoms. The third-order valence-electron chi connectivity index (χ3n) is 11.0. The van der Waals surface area contributed by atoms with Crippen LogP contribution in [0.15, 0.2) is 206 Å². The average molecular weight is 727 g/mol. The quantitative estimate of drug-likeness (QED) is 0.160. The Bertz CT molecular complexity index is 3210. The van der Waals surface area contributed by atoms with E-state index in [9.17, 15) is 0 Å². The van der Waals surface area contributed by atoms with Gasteiger partial charge in [0.2, 0.25) is 0 Å². The fourth-order valence-corrected chi connectivity index (χ4v) is 8.31. The molecule has 266 valence electrons. The third kappa shape index (κ3) is 5.66. The molecule has 0 amide bonds. The topological polar surface area (TPSA) is 43.6 Å². The number of para-hydroxylation sites is 2. The summed E-state index contributed by atoms with van der Waals surface area (Å²) in [5.74, 6) is 0.685. The van der Waals surface area contributed by atoms with Crippen LogP contribution in [-0.2, 0) is 0 Å². The predicted molar refractivity (Wildman–Crippen MR) is 236 cm³/mol. The van der Waals surface area contributed by atoms with Crippen molar-refractivity contribution in [2.45, 2.75) is 0 Å². The highest BCUT2D eigenvalue weighted by atomic mass is 15.0. The molecule has 3 aromatic heterocycles. The van der Waals surface area contributed by atoms with Gasteiger partial charge in [0, 0.05) is 54.9 Å². The molecule has 11 rings (SSSR count). The highest BCUT2D eigenvalue weighted by molar-refractivity contribution is 6.27. The van der Waals surface area contributed by atoms with Crippen LogP contribution in [0.1, 0.15) is 0 Å². The molecule has 0 bridgehead atoms. The van der Waals surface area contributed by atoms with E-state index >= 15 is 0 Å². The molecule has 0 N–H and O–H groups in total. The monoisotopic (exact) mass is 726 g/mol. The van der Waals surface area contributed by atoms with Crippen molar-refractivity contribution in [1.29, 1.82) is 0 Å². The summed E-state index contributed by atoms with van der Waals surface area (Å²) >= 11 is 0. The third-order valence-corrected chi connectivity index (χ3v) is 11.0. The van der Waals surface area contributed by atoms with E-state index in [-0.39, 0.29) is 0 Å². The fraction of sp³-hybridized carbons (Fsp3) is 0. The van der Waals surface area contributed by atoms with E-state index in [4.69, 9.17) is 15.0 Å². The number of nitrogens with zero attached hydrogens (tertiary/aromatic N) is 4. The van der Waals surface area contributed by atoms with Crippen molar-refractivity contribution in [3.8, 4) is 62.0 Å². The minimum atomic E-state index is 0.685. The maximum atomic E-state index is 5.46. The average Bonchev–Trinajstić information content (AvgIpc) is 3.64. The zero-order chi connectivity index (χ0) is 37.7. The lowest BCUT2D eigenvalue weighted by molar-refractivity contribution is 1.18. The second-order valence-corrected chi connectivity index (χ2v) is 14.4. The molecule has 0 aliphatic heterocycles. The van der Waals surface area contributed by atoms with Crippen molar-refractivity contribution < 1.29 is 0 Å². The molecule has 4 nitrogen and oxygen atoms in total. The van der Waals surface area contributed by atoms with Gasteiger partial charge in [0.15, 0.2) is 5.82 Å². The van der Waals surface area contributed by atoms with Gasteiger partial charge in [-0.05, 0) is 47.5 Å². The molecule has 0 saturated carbocycles. The Hall–Kier alpha value is -7.69. The summed E-state index contributed by atoms with van der Waals surface area (Å²) in [7, 11) is 0. The largest absolute Gasteiger partial charge is 0.309 e. The Morgan fingerprint density at radius 1 is 0.333 bits per heavy atom. The van der Waals surface area contributed by atoms with Crippen LogP contribution in [0.4, 0.5) is 0 Å². The van der Waals surface area contributed by atoms with Crippen LogP contribution in [0.5, 0.6) is 0 Å². The SMILES string of the molecule is c1ccc(-c2cc(-c3ccccc3)nc(-c3cccc(-c4ccc5c(c4)nc(-c4ccccc4)c4ccc6c7ccccc7n(-c7ccccc7)c6c45)c3)n2)cc1. The van der Waals surface area contributed by atoms with Crippen molar-refractivity contribution in [3.05, 3.63) is 206 Å². The predicted octanol–water partition coefficient (Wildman–Crippen LogP) is 13.6. The van der Waals surface area contributed by atoms with Gasteiger partial charge in [-0.3, -0.25) is 0 Å². The summed E-state index contributed by atoms with van der Waals surface area (Å²) in [6.07, 6.45) is 0. The smallest absolute Gasteiger partial charge is 0.160 e. The van der Waals surface area contributed by atoms with Crippen LogP contribution < -0.4 is 0 Å². The van der Waals surface area contributed by atoms with Crippen molar-refractivity contribution in [1.82, 2.24) is 19.5 Å². The maximum absolute atomic E-state index is 5.46. The normalized spacial score (nSPS) is 11.5. The zero-order valence-electron chi connectivity index (χ0n) is 30.9. The molecule has 0 unspecified atom stereocenters. The maximum Gasteiger partial charge on any atom is 0.160 e. The Labute approximate surface area is 330 Å². The van der Waals surface area contributed by atoms with Crippen molar-refractivity contribution >= 4 is 43.5 Å². The standard InChI is InChI=1S/C53H34N4/c1-5-16-35(17-6-1)46-34-47(36-18-7-2-8-19-36)56-53(55-46)40-23-15-22-38(32-40)39-28-29-44-48(33-39)54-51(37-20-9-3-10-21-37)45-31-30-43-42-26-13-14-27-49(42)57(52(43)50(44)45)41-24-11-4-12-25-41/h1-34H. The number of fused-ring (bicyclic) bond motifs is 7. The van der Waals surface area contributed by atoms with Crippen molar-refractivity contribution in [2.24, 2.45) is 0 Å². The van der Waals surface area contributed by atoms with Crippen molar-refractivity contribution in [2.75, 3.05) is 0 Å². The van der Waals surface area contributed by atoms with Gasteiger partial charge in [-0.25, -0.2) is 15.0 Å². The minimum absolute atomic E-state index is 0.685. The molecule has 0 aliphatic carbocycles. The molecular formula is C53H34N4. The van der Waals surface area contributed by atoms with Gasteiger partial charge in [-0.2, -0.15) is 0 Å². The lowest BCUT2D eigenvalue weighted by Gasteiger charge is -2.15. The van der Waals surface area contributed by atoms with Gasteiger partial charge >= 0.3 is 0 Å². The summed E-state index contributed by atoms with van der Waals surface area (Å²) in [5, 5.41) is 5.88. The van der Waals surface area contributed by atoms with Gasteiger partial charge in [0.1, 0.15) is 0 Å². The van der Waals surface area contributed by atoms with Crippen LogP contribution in [0.25, 0.3) is 105 Å². The Morgan fingerprint density at radius 3 is 1.58 bits per heavy atom. The van der Waals surface area contributed by atoms with E-state index in [2.05, 4.69) is 174 Å². The summed E-state index contributed by atoms with van der Waals surface area (Å²) in [5.41, 5.74) is 13.5. The van der Waals surface area contributed by atoms with Gasteiger partial charge < -0.3 is 4.57 Å². The van der Waals surface area contributed by atoms with Gasteiger partial charge in [0.25, 0.3) is 0 Å². The Balaban J connectivity index is 1.13. The number of pyridine rings is 1. The van der Waals surface area contributed by atoms with Crippen LogP contribution in [0.3, 0.4) is 0 Å². The minimum Gasteiger partial charge on any atom is -0.309 e. The molecule has 3 heterocycles. The first kappa shape index (κ1) is 32.7. The lowest BCUT2D eigenvalue weighted by atomic mass is 9.95. The van der Waals surface area contributed by atoms with Gasteiger partial charge in [-0.1, -0.05) is 170 Å². The van der Waals surface area contributed by atoms with E-state index in [1.807, 2.05) is 36.4 Å². The number of hydrogen-bond donors (Lipinski definition) is 0. The van der Waals surface area contributed by atoms with E-state index in [0.717, 1.165) is 72.4 Å². The highest BCUT2D eigenvalue weighted by Crippen LogP contribution is 2.43. The Kier molecular flexibility index (Phi) is 7.78. The molecule has 11 aromatic rings. The Morgan fingerprint density at radius 2 is 0.877 bits per heavy atom. The van der Waals surface area contributed by atoms with Gasteiger partial charge in [-0.15, -0.1) is 0 Å². The first-order valence-corrected chi connectivity index (χ1v) is 19.3. The molecular weight excluding hydrogens is 693 g/mol. The number of hydrogen-bond acceptors (Lipinski definition) is 3. The summed E-state index contributed by atoms with van der Waals surface area (Å²) in [6.45, 7) is 0. The first-order chi connectivity index (χ1) is 28.3. The van der Waals surface area contributed by atoms with Crippen LogP contribution >= 0.6 is 0 Å². The van der Waals surface area contributed by atoms with Crippen molar-refractivity contribution in [3.63, 3.8) is 0 Å². The fourth-order valence-electron chi connectivity index (χ4n) is 8.31. The number of rotatable bonds is 6. The molecule has 0 radical (unpaired) electrons. The summed E-state index contributed by atoms with van der Waals surface area (Å²) < 4.78 is 2.42. The van der Waals surface area contributed by atoms with E-state index in [1.54, 1.807) is 0 Å². The number of benzene rings is 8. The molecule has 0 spiro atoms. The summed E-state index contributed by atoms with van der Waals surface area (Å²) in [4.78, 5) is 15.7. The molecule has 8 aromatic carbocycles. The van der Waals surface area contributed by atoms with Crippen LogP contribution in [-0.4, -0.2) is 19.5 Å². The zero-order valence-corrected chi connectivity index (χ0v) is 30.9. The molecule has 0 atom stereocenters. The molecule has 0 saturated heterocycles. The van der Waals surface area contributed by atoms with Crippen LogP contribution in [0, 0.1) is 0 Å². The van der Waals surface area contributed by atoms with Gasteiger partial charge in [0.05, 0.1) is 33.6 Å². The van der Waals surface area contributed by atoms with E-state index in [1.165, 1.54) is 27.2 Å².